The Labute approximate surface area is 327 Å². The Balaban J connectivity index is 1.28. The molecule has 10 aromatic rings. The number of anilines is 3. The zero-order valence-corrected chi connectivity index (χ0v) is 30.8. The molecular weight excluding hydrogens is 677 g/mol. The molecule has 0 aliphatic carbocycles. The van der Waals surface area contributed by atoms with Crippen LogP contribution in [0.15, 0.2) is 231 Å². The lowest BCUT2D eigenvalue weighted by Crippen LogP contribution is -2.12. The summed E-state index contributed by atoms with van der Waals surface area (Å²) >= 11 is 0. The maximum atomic E-state index is 2.48. The number of rotatable bonds is 8. The quantitative estimate of drug-likeness (QED) is 0.152. The van der Waals surface area contributed by atoms with Gasteiger partial charge in [-0.3, -0.25) is 0 Å². The fourth-order valence-corrected chi connectivity index (χ4v) is 8.33. The molecule has 10 rings (SSSR count). The van der Waals surface area contributed by atoms with Crippen molar-refractivity contribution in [3.05, 3.63) is 231 Å². The minimum atomic E-state index is 1.08. The van der Waals surface area contributed by atoms with E-state index < -0.39 is 0 Å². The van der Waals surface area contributed by atoms with Gasteiger partial charge in [-0.05, 0) is 87.5 Å². The van der Waals surface area contributed by atoms with Crippen LogP contribution in [0.3, 0.4) is 0 Å². The summed E-state index contributed by atoms with van der Waals surface area (Å²) in [6.45, 7) is 0. The third kappa shape index (κ3) is 5.85. The SMILES string of the molecule is c1ccc(-c2ccccc2-c2ccc(N(c3ccccc3-c3ccccc3)c3cccc4c3c3ccccc3n4-c3ccccc3)cc2-c2ccccc2)cc1. The Morgan fingerprint density at radius 1 is 0.304 bits per heavy atom. The fraction of sp³-hybridized carbons (Fsp3) is 0. The number of hydrogen-bond acceptors (Lipinski definition) is 1. The van der Waals surface area contributed by atoms with Crippen LogP contribution in [0.2, 0.25) is 0 Å². The van der Waals surface area contributed by atoms with E-state index in [1.54, 1.807) is 0 Å². The summed E-state index contributed by atoms with van der Waals surface area (Å²) in [5, 5.41) is 2.41. The molecule has 0 N–H and O–H groups in total. The highest BCUT2D eigenvalue weighted by atomic mass is 15.2. The first-order chi connectivity index (χ1) is 27.8. The number of benzene rings is 9. The van der Waals surface area contributed by atoms with Gasteiger partial charge in [-0.25, -0.2) is 0 Å². The Morgan fingerprint density at radius 2 is 0.786 bits per heavy atom. The van der Waals surface area contributed by atoms with E-state index in [-0.39, 0.29) is 0 Å². The van der Waals surface area contributed by atoms with E-state index in [0.29, 0.717) is 0 Å². The van der Waals surface area contributed by atoms with Gasteiger partial charge >= 0.3 is 0 Å². The summed E-state index contributed by atoms with van der Waals surface area (Å²) in [6.07, 6.45) is 0. The highest BCUT2D eigenvalue weighted by Crippen LogP contribution is 2.48. The molecule has 0 aliphatic rings. The highest BCUT2D eigenvalue weighted by Gasteiger charge is 2.24. The van der Waals surface area contributed by atoms with Crippen molar-refractivity contribution in [2.24, 2.45) is 0 Å². The molecule has 0 spiro atoms. The van der Waals surface area contributed by atoms with Gasteiger partial charge in [-0.1, -0.05) is 182 Å². The molecule has 0 amide bonds. The average Bonchev–Trinajstić information content (AvgIpc) is 3.63. The molecular formula is C54H38N2. The second-order valence-electron chi connectivity index (χ2n) is 14.1. The van der Waals surface area contributed by atoms with Gasteiger partial charge in [-0.2, -0.15) is 0 Å². The summed E-state index contributed by atoms with van der Waals surface area (Å²) in [5.74, 6) is 0. The van der Waals surface area contributed by atoms with Crippen molar-refractivity contribution in [3.63, 3.8) is 0 Å². The van der Waals surface area contributed by atoms with E-state index in [0.717, 1.165) is 33.8 Å². The van der Waals surface area contributed by atoms with Gasteiger partial charge in [0.25, 0.3) is 0 Å². The Hall–Kier alpha value is -7.42. The van der Waals surface area contributed by atoms with Crippen molar-refractivity contribution < 1.29 is 0 Å². The van der Waals surface area contributed by atoms with Crippen molar-refractivity contribution >= 4 is 38.9 Å². The first-order valence-electron chi connectivity index (χ1n) is 19.2. The van der Waals surface area contributed by atoms with Crippen LogP contribution in [-0.2, 0) is 0 Å². The van der Waals surface area contributed by atoms with Crippen molar-refractivity contribution in [2.45, 2.75) is 0 Å². The zero-order valence-electron chi connectivity index (χ0n) is 30.8. The summed E-state index contributed by atoms with van der Waals surface area (Å²) < 4.78 is 2.40. The Morgan fingerprint density at radius 3 is 1.48 bits per heavy atom. The van der Waals surface area contributed by atoms with Gasteiger partial charge in [0, 0.05) is 27.7 Å². The van der Waals surface area contributed by atoms with Crippen LogP contribution in [-0.4, -0.2) is 4.57 Å². The molecule has 0 bridgehead atoms. The number of para-hydroxylation sites is 3. The van der Waals surface area contributed by atoms with E-state index in [4.69, 9.17) is 0 Å². The van der Waals surface area contributed by atoms with Crippen LogP contribution < -0.4 is 4.90 Å². The van der Waals surface area contributed by atoms with Gasteiger partial charge in [0.15, 0.2) is 0 Å². The van der Waals surface area contributed by atoms with Gasteiger partial charge in [-0.15, -0.1) is 0 Å². The number of nitrogens with zero attached hydrogens (tertiary/aromatic N) is 2. The smallest absolute Gasteiger partial charge is 0.0562 e. The van der Waals surface area contributed by atoms with E-state index >= 15 is 0 Å². The number of hydrogen-bond donors (Lipinski definition) is 0. The molecule has 1 heterocycles. The van der Waals surface area contributed by atoms with E-state index in [1.807, 2.05) is 0 Å². The monoisotopic (exact) mass is 714 g/mol. The molecule has 0 aliphatic heterocycles. The average molecular weight is 715 g/mol. The lowest BCUT2D eigenvalue weighted by Gasteiger charge is -2.30. The van der Waals surface area contributed by atoms with Crippen molar-refractivity contribution in [1.29, 1.82) is 0 Å². The molecule has 1 aromatic heterocycles. The van der Waals surface area contributed by atoms with Crippen LogP contribution >= 0.6 is 0 Å². The Kier molecular flexibility index (Phi) is 8.55. The van der Waals surface area contributed by atoms with Gasteiger partial charge in [0.05, 0.1) is 22.4 Å². The van der Waals surface area contributed by atoms with Crippen LogP contribution in [0.5, 0.6) is 0 Å². The molecule has 0 radical (unpaired) electrons. The topological polar surface area (TPSA) is 8.17 Å². The molecule has 0 atom stereocenters. The van der Waals surface area contributed by atoms with Crippen molar-refractivity contribution in [2.75, 3.05) is 4.90 Å². The maximum Gasteiger partial charge on any atom is 0.0562 e. The van der Waals surface area contributed by atoms with Crippen LogP contribution in [0.1, 0.15) is 0 Å². The molecule has 9 aromatic carbocycles. The molecule has 2 nitrogen and oxygen atoms in total. The third-order valence-electron chi connectivity index (χ3n) is 10.8. The predicted octanol–water partition coefficient (Wildman–Crippen LogP) is 14.9. The van der Waals surface area contributed by atoms with Gasteiger partial charge in [0.2, 0.25) is 0 Å². The molecule has 0 saturated carbocycles. The first kappa shape index (κ1) is 33.2. The van der Waals surface area contributed by atoms with Crippen molar-refractivity contribution in [1.82, 2.24) is 4.57 Å². The van der Waals surface area contributed by atoms with E-state index in [9.17, 15) is 0 Å². The van der Waals surface area contributed by atoms with Crippen LogP contribution in [0.25, 0.3) is 72.0 Å². The van der Waals surface area contributed by atoms with Crippen molar-refractivity contribution in [3.8, 4) is 50.2 Å². The minimum absolute atomic E-state index is 1.08. The molecule has 0 unspecified atom stereocenters. The summed E-state index contributed by atoms with van der Waals surface area (Å²) in [7, 11) is 0. The second kappa shape index (κ2) is 14.4. The summed E-state index contributed by atoms with van der Waals surface area (Å²) in [6, 6.07) is 83.1. The second-order valence-corrected chi connectivity index (χ2v) is 14.1. The number of aromatic nitrogens is 1. The van der Waals surface area contributed by atoms with Crippen LogP contribution in [0, 0.1) is 0 Å². The fourth-order valence-electron chi connectivity index (χ4n) is 8.33. The van der Waals surface area contributed by atoms with Gasteiger partial charge in [0.1, 0.15) is 0 Å². The molecule has 0 saturated heterocycles. The molecule has 56 heavy (non-hydrogen) atoms. The van der Waals surface area contributed by atoms with E-state index in [1.165, 1.54) is 55.2 Å². The standard InChI is InChI=1S/C54H38N2/c1-5-20-39(21-6-1)44-28-13-14-30-46(44)47-37-36-43(38-49(47)41-24-9-3-10-25-41)56(50-32-17-15-29-45(50)40-22-7-2-8-23-40)53-35-19-34-52-54(53)48-31-16-18-33-51(48)55(52)42-26-11-4-12-27-42/h1-38H. The first-order valence-corrected chi connectivity index (χ1v) is 19.2. The normalized spacial score (nSPS) is 11.2. The Bertz CT molecular complexity index is 2950. The van der Waals surface area contributed by atoms with E-state index in [2.05, 4.69) is 240 Å². The predicted molar refractivity (Wildman–Crippen MR) is 237 cm³/mol. The third-order valence-corrected chi connectivity index (χ3v) is 10.8. The summed E-state index contributed by atoms with van der Waals surface area (Å²) in [4.78, 5) is 2.48. The number of fused-ring (bicyclic) bond motifs is 3. The minimum Gasteiger partial charge on any atom is -0.309 e. The zero-order chi connectivity index (χ0) is 37.3. The summed E-state index contributed by atoms with van der Waals surface area (Å²) in [5.41, 5.74) is 16.3. The molecule has 264 valence electrons. The lowest BCUT2D eigenvalue weighted by atomic mass is 9.89. The molecule has 0 fully saturated rings. The molecule has 2 heteroatoms. The van der Waals surface area contributed by atoms with Gasteiger partial charge < -0.3 is 9.47 Å². The lowest BCUT2D eigenvalue weighted by molar-refractivity contribution is 1.18. The van der Waals surface area contributed by atoms with Crippen LogP contribution in [0.4, 0.5) is 17.1 Å². The highest BCUT2D eigenvalue weighted by molar-refractivity contribution is 6.17. The largest absolute Gasteiger partial charge is 0.309 e. The maximum absolute atomic E-state index is 2.48.